The van der Waals surface area contributed by atoms with Crippen LogP contribution in [0.5, 0.6) is 0 Å². The van der Waals surface area contributed by atoms with Crippen LogP contribution >= 0.6 is 0 Å². The number of benzene rings is 2. The van der Waals surface area contributed by atoms with E-state index in [0.717, 1.165) is 50.2 Å². The summed E-state index contributed by atoms with van der Waals surface area (Å²) < 4.78 is 65.1. The zero-order valence-electron chi connectivity index (χ0n) is 17.2. The lowest BCUT2D eigenvalue weighted by Crippen LogP contribution is -2.44. The molecule has 31 heavy (non-hydrogen) atoms. The number of amides is 1. The van der Waals surface area contributed by atoms with Crippen LogP contribution in [0.25, 0.3) is 0 Å². The summed E-state index contributed by atoms with van der Waals surface area (Å²) in [6, 6.07) is 9.51. The van der Waals surface area contributed by atoms with Gasteiger partial charge in [-0.25, -0.2) is 8.42 Å². The van der Waals surface area contributed by atoms with Crippen molar-refractivity contribution in [3.63, 3.8) is 0 Å². The Labute approximate surface area is 179 Å². The summed E-state index contributed by atoms with van der Waals surface area (Å²) in [4.78, 5) is 14.5. The molecule has 1 fully saturated rings. The van der Waals surface area contributed by atoms with Gasteiger partial charge in [0.25, 0.3) is 5.91 Å². The summed E-state index contributed by atoms with van der Waals surface area (Å²) in [6.45, 7) is 1.67. The maximum absolute atomic E-state index is 12.9. The standard InChI is InChI=1S/C21H24F3N3O3S/c1-26-13-11-18(12-14-26)27(2)31(29,30)19-9-7-17(8-10-19)25-20(28)15-3-5-16(6-4-15)21(22,23)24/h3-10,18H,11-14H2,1-2H3,(H,25,28). The van der Waals surface area contributed by atoms with Gasteiger partial charge >= 0.3 is 6.18 Å². The molecule has 0 saturated carbocycles. The quantitative estimate of drug-likeness (QED) is 0.747. The Morgan fingerprint density at radius 2 is 1.58 bits per heavy atom. The first-order chi connectivity index (χ1) is 14.5. The second-order valence-corrected chi connectivity index (χ2v) is 9.61. The summed E-state index contributed by atoms with van der Waals surface area (Å²) in [5.74, 6) is -0.590. The first-order valence-electron chi connectivity index (χ1n) is 9.74. The van der Waals surface area contributed by atoms with Crippen molar-refractivity contribution in [2.45, 2.75) is 30.0 Å². The fraction of sp³-hybridized carbons (Fsp3) is 0.381. The second kappa shape index (κ2) is 8.97. The molecular weight excluding hydrogens is 431 g/mol. The van der Waals surface area contributed by atoms with Gasteiger partial charge in [0.05, 0.1) is 10.5 Å². The number of halogens is 3. The van der Waals surface area contributed by atoms with E-state index in [4.69, 9.17) is 0 Å². The molecule has 1 aliphatic rings. The van der Waals surface area contributed by atoms with Gasteiger partial charge < -0.3 is 10.2 Å². The van der Waals surface area contributed by atoms with Gasteiger partial charge in [-0.2, -0.15) is 17.5 Å². The number of hydrogen-bond acceptors (Lipinski definition) is 4. The topological polar surface area (TPSA) is 69.7 Å². The molecule has 0 spiro atoms. The van der Waals surface area contributed by atoms with E-state index < -0.39 is 27.7 Å². The Morgan fingerprint density at radius 3 is 2.10 bits per heavy atom. The zero-order chi connectivity index (χ0) is 22.8. The fourth-order valence-corrected chi connectivity index (χ4v) is 4.86. The summed E-state index contributed by atoms with van der Waals surface area (Å²) >= 11 is 0. The molecule has 1 aliphatic heterocycles. The molecule has 6 nitrogen and oxygen atoms in total. The highest BCUT2D eigenvalue weighted by Crippen LogP contribution is 2.29. The molecule has 10 heteroatoms. The van der Waals surface area contributed by atoms with Gasteiger partial charge in [0.15, 0.2) is 0 Å². The summed E-state index contributed by atoms with van der Waals surface area (Å²) in [7, 11) is -0.0993. The average Bonchev–Trinajstić information content (AvgIpc) is 2.73. The number of piperidine rings is 1. The number of rotatable bonds is 5. The third-order valence-electron chi connectivity index (χ3n) is 5.47. The molecular formula is C21H24F3N3O3S. The highest BCUT2D eigenvalue weighted by molar-refractivity contribution is 7.89. The maximum Gasteiger partial charge on any atom is 0.416 e. The normalized spacial score (nSPS) is 16.5. The third kappa shape index (κ3) is 5.44. The van der Waals surface area contributed by atoms with Gasteiger partial charge in [0, 0.05) is 24.3 Å². The van der Waals surface area contributed by atoms with Crippen molar-refractivity contribution in [2.75, 3.05) is 32.5 Å². The first-order valence-corrected chi connectivity index (χ1v) is 11.2. The van der Waals surface area contributed by atoms with Crippen LogP contribution < -0.4 is 5.32 Å². The molecule has 2 aromatic carbocycles. The van der Waals surface area contributed by atoms with Gasteiger partial charge in [-0.05, 0) is 81.5 Å². The van der Waals surface area contributed by atoms with Crippen molar-refractivity contribution in [2.24, 2.45) is 0 Å². The lowest BCUT2D eigenvalue weighted by atomic mass is 10.1. The van der Waals surface area contributed by atoms with Crippen LogP contribution in [0.2, 0.25) is 0 Å². The summed E-state index contributed by atoms with van der Waals surface area (Å²) in [5.41, 5.74) is -0.440. The van der Waals surface area contributed by atoms with Crippen molar-refractivity contribution >= 4 is 21.6 Å². The number of alkyl halides is 3. The van der Waals surface area contributed by atoms with Crippen LogP contribution in [0.1, 0.15) is 28.8 Å². The van der Waals surface area contributed by atoms with E-state index in [1.165, 1.54) is 28.6 Å². The summed E-state index contributed by atoms with van der Waals surface area (Å²) in [6.07, 6.45) is -2.96. The van der Waals surface area contributed by atoms with Crippen LogP contribution in [-0.2, 0) is 16.2 Å². The molecule has 0 aromatic heterocycles. The molecule has 0 atom stereocenters. The zero-order valence-corrected chi connectivity index (χ0v) is 18.0. The largest absolute Gasteiger partial charge is 0.416 e. The highest BCUT2D eigenvalue weighted by atomic mass is 32.2. The van der Waals surface area contributed by atoms with Crippen LogP contribution in [0.15, 0.2) is 53.4 Å². The maximum atomic E-state index is 12.9. The Hall–Kier alpha value is -2.43. The molecule has 0 unspecified atom stereocenters. The van der Waals surface area contributed by atoms with Crippen LogP contribution in [-0.4, -0.2) is 56.8 Å². The van der Waals surface area contributed by atoms with Crippen molar-refractivity contribution < 1.29 is 26.4 Å². The SMILES string of the molecule is CN1CCC(N(C)S(=O)(=O)c2ccc(NC(=O)c3ccc(C(F)(F)F)cc3)cc2)CC1. The lowest BCUT2D eigenvalue weighted by molar-refractivity contribution is -0.137. The highest BCUT2D eigenvalue weighted by Gasteiger charge is 2.31. The van der Waals surface area contributed by atoms with Crippen molar-refractivity contribution in [1.82, 2.24) is 9.21 Å². The number of nitrogens with one attached hydrogen (secondary N) is 1. The fourth-order valence-electron chi connectivity index (χ4n) is 3.45. The van der Waals surface area contributed by atoms with E-state index in [-0.39, 0.29) is 16.5 Å². The van der Waals surface area contributed by atoms with E-state index >= 15 is 0 Å². The van der Waals surface area contributed by atoms with Crippen LogP contribution in [0, 0.1) is 0 Å². The number of hydrogen-bond donors (Lipinski definition) is 1. The number of anilines is 1. The Kier molecular flexibility index (Phi) is 6.73. The minimum Gasteiger partial charge on any atom is -0.322 e. The molecule has 0 aliphatic carbocycles. The number of carbonyl (C=O) groups is 1. The van der Waals surface area contributed by atoms with Gasteiger partial charge in [-0.3, -0.25) is 4.79 Å². The smallest absolute Gasteiger partial charge is 0.322 e. The van der Waals surface area contributed by atoms with Crippen LogP contribution in [0.3, 0.4) is 0 Å². The number of sulfonamides is 1. The number of nitrogens with zero attached hydrogens (tertiary/aromatic N) is 2. The van der Waals surface area contributed by atoms with E-state index in [1.54, 1.807) is 7.05 Å². The Balaban J connectivity index is 1.67. The second-order valence-electron chi connectivity index (χ2n) is 7.61. The molecule has 3 rings (SSSR count). The van der Waals surface area contributed by atoms with Gasteiger partial charge in [-0.15, -0.1) is 0 Å². The Bertz CT molecular complexity index is 1010. The van der Waals surface area contributed by atoms with Gasteiger partial charge in [0.1, 0.15) is 0 Å². The first kappa shape index (κ1) is 23.2. The predicted octanol–water partition coefficient (Wildman–Crippen LogP) is 3.67. The molecule has 0 radical (unpaired) electrons. The predicted molar refractivity (Wildman–Crippen MR) is 111 cm³/mol. The third-order valence-corrected chi connectivity index (χ3v) is 7.39. The number of likely N-dealkylation sites (tertiary alicyclic amines) is 1. The number of carbonyl (C=O) groups excluding carboxylic acids is 1. The molecule has 1 amide bonds. The molecule has 1 saturated heterocycles. The monoisotopic (exact) mass is 455 g/mol. The summed E-state index contributed by atoms with van der Waals surface area (Å²) in [5, 5.41) is 2.56. The van der Waals surface area contributed by atoms with Gasteiger partial charge in [0.2, 0.25) is 10.0 Å². The minimum absolute atomic E-state index is 0.0618. The Morgan fingerprint density at radius 1 is 1.03 bits per heavy atom. The molecule has 1 N–H and O–H groups in total. The molecule has 2 aromatic rings. The van der Waals surface area contributed by atoms with E-state index in [0.29, 0.717) is 5.69 Å². The van der Waals surface area contributed by atoms with Crippen molar-refractivity contribution in [3.8, 4) is 0 Å². The molecule has 1 heterocycles. The van der Waals surface area contributed by atoms with E-state index in [1.807, 2.05) is 7.05 Å². The van der Waals surface area contributed by atoms with Gasteiger partial charge in [-0.1, -0.05) is 0 Å². The van der Waals surface area contributed by atoms with E-state index in [9.17, 15) is 26.4 Å². The molecule has 0 bridgehead atoms. The lowest BCUT2D eigenvalue weighted by Gasteiger charge is -2.34. The molecule has 168 valence electrons. The minimum atomic E-state index is -4.48. The van der Waals surface area contributed by atoms with Crippen molar-refractivity contribution in [1.29, 1.82) is 0 Å². The van der Waals surface area contributed by atoms with Crippen molar-refractivity contribution in [3.05, 3.63) is 59.7 Å². The van der Waals surface area contributed by atoms with E-state index in [2.05, 4.69) is 10.2 Å². The average molecular weight is 456 g/mol. The van der Waals surface area contributed by atoms with Crippen LogP contribution in [0.4, 0.5) is 18.9 Å².